The van der Waals surface area contributed by atoms with Gasteiger partial charge in [0, 0.05) is 19.6 Å². The van der Waals surface area contributed by atoms with E-state index in [2.05, 4.69) is 25.7 Å². The van der Waals surface area contributed by atoms with Crippen LogP contribution in [-0.4, -0.2) is 55.5 Å². The third-order valence-electron chi connectivity index (χ3n) is 3.79. The Hall–Kier alpha value is -0.610. The minimum Gasteiger partial charge on any atom is -0.342 e. The molecule has 1 heterocycles. The number of nitrogens with zero attached hydrogens (tertiary/aromatic N) is 2. The Kier molecular flexibility index (Phi) is 5.60. The summed E-state index contributed by atoms with van der Waals surface area (Å²) in [7, 11) is 2.00. The fourth-order valence-corrected chi connectivity index (χ4v) is 2.44. The van der Waals surface area contributed by atoms with Gasteiger partial charge in [-0.25, -0.2) is 0 Å². The molecule has 0 aromatic heterocycles. The van der Waals surface area contributed by atoms with E-state index in [9.17, 15) is 4.79 Å². The summed E-state index contributed by atoms with van der Waals surface area (Å²) in [5, 5.41) is 0. The first-order valence-electron chi connectivity index (χ1n) is 7.00. The van der Waals surface area contributed by atoms with Crippen LogP contribution in [0.1, 0.15) is 33.6 Å². The zero-order valence-corrected chi connectivity index (χ0v) is 12.4. The van der Waals surface area contributed by atoms with Crippen molar-refractivity contribution in [3.63, 3.8) is 0 Å². The first kappa shape index (κ1) is 15.4. The highest BCUT2D eigenvalue weighted by atomic mass is 16.2. The number of likely N-dealkylation sites (N-methyl/N-ethyl adjacent to an activating group) is 1. The standard InChI is InChI=1S/C14H29N3O/c1-12-5-7-17(8-6-12)13(18)9-16(4)11-14(2,3)10-15/h12H,5-11,15H2,1-4H3. The summed E-state index contributed by atoms with van der Waals surface area (Å²) in [5.41, 5.74) is 5.80. The average molecular weight is 255 g/mol. The van der Waals surface area contributed by atoms with Crippen molar-refractivity contribution in [2.24, 2.45) is 17.1 Å². The fourth-order valence-electron chi connectivity index (χ4n) is 2.44. The normalized spacial score (nSPS) is 18.4. The van der Waals surface area contributed by atoms with Gasteiger partial charge in [-0.1, -0.05) is 20.8 Å². The third kappa shape index (κ3) is 4.94. The first-order chi connectivity index (χ1) is 8.34. The van der Waals surface area contributed by atoms with Crippen LogP contribution in [-0.2, 0) is 4.79 Å². The molecule has 0 aliphatic carbocycles. The van der Waals surface area contributed by atoms with Crippen LogP contribution in [0.5, 0.6) is 0 Å². The van der Waals surface area contributed by atoms with E-state index in [1.54, 1.807) is 0 Å². The SMILES string of the molecule is CC1CCN(C(=O)CN(C)CC(C)(C)CN)CC1. The molecule has 1 rings (SSSR count). The summed E-state index contributed by atoms with van der Waals surface area (Å²) in [4.78, 5) is 16.2. The monoisotopic (exact) mass is 255 g/mol. The van der Waals surface area contributed by atoms with Crippen molar-refractivity contribution in [2.75, 3.05) is 39.8 Å². The largest absolute Gasteiger partial charge is 0.342 e. The number of amides is 1. The van der Waals surface area contributed by atoms with Gasteiger partial charge in [-0.3, -0.25) is 9.69 Å². The van der Waals surface area contributed by atoms with Gasteiger partial charge < -0.3 is 10.6 Å². The molecule has 106 valence electrons. The zero-order chi connectivity index (χ0) is 13.8. The maximum atomic E-state index is 12.1. The second kappa shape index (κ2) is 6.53. The molecule has 18 heavy (non-hydrogen) atoms. The molecule has 0 radical (unpaired) electrons. The highest BCUT2D eigenvalue weighted by molar-refractivity contribution is 5.78. The average Bonchev–Trinajstić information content (AvgIpc) is 2.29. The molecule has 1 aliphatic heterocycles. The lowest BCUT2D eigenvalue weighted by atomic mass is 9.93. The molecular weight excluding hydrogens is 226 g/mol. The number of rotatable bonds is 5. The number of nitrogens with two attached hydrogens (primary N) is 1. The van der Waals surface area contributed by atoms with Crippen LogP contribution in [0.2, 0.25) is 0 Å². The molecule has 0 saturated carbocycles. The lowest BCUT2D eigenvalue weighted by Gasteiger charge is -2.33. The van der Waals surface area contributed by atoms with Crippen molar-refractivity contribution < 1.29 is 4.79 Å². The Morgan fingerprint density at radius 1 is 1.39 bits per heavy atom. The van der Waals surface area contributed by atoms with E-state index in [-0.39, 0.29) is 11.3 Å². The Morgan fingerprint density at radius 3 is 2.44 bits per heavy atom. The van der Waals surface area contributed by atoms with E-state index in [4.69, 9.17) is 5.73 Å². The van der Waals surface area contributed by atoms with E-state index in [1.807, 2.05) is 11.9 Å². The Labute approximate surface area is 111 Å². The lowest BCUT2D eigenvalue weighted by Crippen LogP contribution is -2.45. The van der Waals surface area contributed by atoms with Crippen LogP contribution in [0.3, 0.4) is 0 Å². The maximum Gasteiger partial charge on any atom is 0.236 e. The van der Waals surface area contributed by atoms with Gasteiger partial charge in [0.2, 0.25) is 5.91 Å². The van der Waals surface area contributed by atoms with E-state index in [1.165, 1.54) is 0 Å². The topological polar surface area (TPSA) is 49.6 Å². The molecule has 1 fully saturated rings. The molecule has 2 N–H and O–H groups in total. The summed E-state index contributed by atoms with van der Waals surface area (Å²) in [5.74, 6) is 1.03. The molecule has 0 bridgehead atoms. The zero-order valence-electron chi connectivity index (χ0n) is 12.4. The third-order valence-corrected chi connectivity index (χ3v) is 3.79. The predicted molar refractivity (Wildman–Crippen MR) is 75.3 cm³/mol. The van der Waals surface area contributed by atoms with E-state index >= 15 is 0 Å². The fraction of sp³-hybridized carbons (Fsp3) is 0.929. The number of piperidine rings is 1. The molecule has 4 heteroatoms. The molecule has 1 amide bonds. The van der Waals surface area contributed by atoms with Crippen molar-refractivity contribution in [1.82, 2.24) is 9.80 Å². The highest BCUT2D eigenvalue weighted by Gasteiger charge is 2.23. The molecule has 0 aromatic carbocycles. The number of carbonyl (C=O) groups is 1. The number of likely N-dealkylation sites (tertiary alicyclic amines) is 1. The van der Waals surface area contributed by atoms with Crippen molar-refractivity contribution >= 4 is 5.91 Å². The Bertz CT molecular complexity index is 270. The van der Waals surface area contributed by atoms with Gasteiger partial charge in [0.1, 0.15) is 0 Å². The quantitative estimate of drug-likeness (QED) is 0.802. The first-order valence-corrected chi connectivity index (χ1v) is 7.00. The molecule has 0 spiro atoms. The van der Waals surface area contributed by atoms with Crippen LogP contribution >= 0.6 is 0 Å². The highest BCUT2D eigenvalue weighted by Crippen LogP contribution is 2.17. The van der Waals surface area contributed by atoms with Crippen LogP contribution < -0.4 is 5.73 Å². The molecule has 0 unspecified atom stereocenters. The van der Waals surface area contributed by atoms with E-state index in [0.29, 0.717) is 13.1 Å². The van der Waals surface area contributed by atoms with Crippen LogP contribution in [0.25, 0.3) is 0 Å². The maximum absolute atomic E-state index is 12.1. The summed E-state index contributed by atoms with van der Waals surface area (Å²) in [6.07, 6.45) is 2.29. The summed E-state index contributed by atoms with van der Waals surface area (Å²) >= 11 is 0. The minimum absolute atomic E-state index is 0.0748. The molecule has 0 atom stereocenters. The molecule has 4 nitrogen and oxygen atoms in total. The van der Waals surface area contributed by atoms with Crippen LogP contribution in [0.15, 0.2) is 0 Å². The number of hydrogen-bond donors (Lipinski definition) is 1. The second-order valence-electron chi connectivity index (χ2n) is 6.60. The smallest absolute Gasteiger partial charge is 0.236 e. The second-order valence-corrected chi connectivity index (χ2v) is 6.60. The summed E-state index contributed by atoms with van der Waals surface area (Å²) < 4.78 is 0. The summed E-state index contributed by atoms with van der Waals surface area (Å²) in [6.45, 7) is 10.4. The van der Waals surface area contributed by atoms with Crippen LogP contribution in [0.4, 0.5) is 0 Å². The van der Waals surface area contributed by atoms with Gasteiger partial charge in [0.05, 0.1) is 6.54 Å². The van der Waals surface area contributed by atoms with Crippen molar-refractivity contribution in [3.8, 4) is 0 Å². The van der Waals surface area contributed by atoms with Gasteiger partial charge in [-0.15, -0.1) is 0 Å². The molecule has 1 saturated heterocycles. The van der Waals surface area contributed by atoms with E-state index < -0.39 is 0 Å². The van der Waals surface area contributed by atoms with Crippen molar-refractivity contribution in [1.29, 1.82) is 0 Å². The molecular formula is C14H29N3O. The van der Waals surface area contributed by atoms with Gasteiger partial charge in [0.25, 0.3) is 0 Å². The van der Waals surface area contributed by atoms with Gasteiger partial charge in [0.15, 0.2) is 0 Å². The van der Waals surface area contributed by atoms with E-state index in [0.717, 1.165) is 38.4 Å². The number of carbonyl (C=O) groups excluding carboxylic acids is 1. The van der Waals surface area contributed by atoms with Crippen LogP contribution in [0, 0.1) is 11.3 Å². The summed E-state index contributed by atoms with van der Waals surface area (Å²) in [6, 6.07) is 0. The predicted octanol–water partition coefficient (Wildman–Crippen LogP) is 1.16. The van der Waals surface area contributed by atoms with Gasteiger partial charge >= 0.3 is 0 Å². The number of hydrogen-bond acceptors (Lipinski definition) is 3. The lowest BCUT2D eigenvalue weighted by molar-refractivity contribution is -0.133. The van der Waals surface area contributed by atoms with Crippen molar-refractivity contribution in [2.45, 2.75) is 33.6 Å². The Balaban J connectivity index is 2.35. The van der Waals surface area contributed by atoms with Crippen molar-refractivity contribution in [3.05, 3.63) is 0 Å². The van der Waals surface area contributed by atoms with Gasteiger partial charge in [-0.05, 0) is 37.8 Å². The van der Waals surface area contributed by atoms with Gasteiger partial charge in [-0.2, -0.15) is 0 Å². The molecule has 0 aromatic rings. The Morgan fingerprint density at radius 2 is 1.94 bits per heavy atom. The minimum atomic E-state index is 0.0748. The molecule has 1 aliphatic rings.